The molecule has 1 aliphatic heterocycles. The van der Waals surface area contributed by atoms with Crippen molar-refractivity contribution in [2.24, 2.45) is 0 Å². The van der Waals surface area contributed by atoms with Crippen LogP contribution in [0.3, 0.4) is 0 Å². The van der Waals surface area contributed by atoms with Gasteiger partial charge >= 0.3 is 11.8 Å². The number of amides is 2. The summed E-state index contributed by atoms with van der Waals surface area (Å²) in [4.78, 5) is 23.4. The van der Waals surface area contributed by atoms with Crippen LogP contribution >= 0.6 is 23.1 Å². The summed E-state index contributed by atoms with van der Waals surface area (Å²) in [5.41, 5.74) is 0.672. The first-order valence-electron chi connectivity index (χ1n) is 6.35. The van der Waals surface area contributed by atoms with Crippen molar-refractivity contribution in [2.45, 2.75) is 18.6 Å². The molecular formula is C13H18N2O3S2. The maximum Gasteiger partial charge on any atom is 0.309 e. The Balaban J connectivity index is 1.75. The maximum atomic E-state index is 11.7. The van der Waals surface area contributed by atoms with Crippen LogP contribution < -0.4 is 10.6 Å². The summed E-state index contributed by atoms with van der Waals surface area (Å²) in [5.74, 6) is 0.663. The van der Waals surface area contributed by atoms with E-state index in [9.17, 15) is 9.59 Å². The third kappa shape index (κ3) is 3.97. The van der Waals surface area contributed by atoms with Crippen molar-refractivity contribution in [2.75, 3.05) is 25.2 Å². The normalized spacial score (nSPS) is 21.6. The molecule has 1 unspecified atom stereocenters. The molecule has 1 aliphatic rings. The van der Waals surface area contributed by atoms with E-state index < -0.39 is 11.8 Å². The molecule has 5 nitrogen and oxygen atoms in total. The van der Waals surface area contributed by atoms with Gasteiger partial charge in [0.2, 0.25) is 0 Å². The first kappa shape index (κ1) is 15.3. The minimum Gasteiger partial charge on any atom is -0.376 e. The van der Waals surface area contributed by atoms with Crippen molar-refractivity contribution < 1.29 is 14.3 Å². The number of hydrogen-bond donors (Lipinski definition) is 2. The molecule has 2 rings (SSSR count). The second-order valence-electron chi connectivity index (χ2n) is 4.69. The van der Waals surface area contributed by atoms with Crippen molar-refractivity contribution in [3.05, 3.63) is 22.4 Å². The lowest BCUT2D eigenvalue weighted by molar-refractivity contribution is -0.140. The zero-order valence-electron chi connectivity index (χ0n) is 11.3. The molecular weight excluding hydrogens is 296 g/mol. The van der Waals surface area contributed by atoms with Crippen LogP contribution in [0.25, 0.3) is 0 Å². The Morgan fingerprint density at radius 1 is 1.40 bits per heavy atom. The van der Waals surface area contributed by atoms with E-state index in [4.69, 9.17) is 4.74 Å². The number of hydrogen-bond acceptors (Lipinski definition) is 5. The summed E-state index contributed by atoms with van der Waals surface area (Å²) in [6, 6.07) is 1.92. The van der Waals surface area contributed by atoms with Gasteiger partial charge in [0, 0.05) is 26.0 Å². The Bertz CT molecular complexity index is 456. The van der Waals surface area contributed by atoms with Crippen LogP contribution in [0, 0.1) is 0 Å². The fourth-order valence-electron chi connectivity index (χ4n) is 1.94. The van der Waals surface area contributed by atoms with E-state index in [1.807, 2.05) is 16.8 Å². The van der Waals surface area contributed by atoms with E-state index in [0.717, 1.165) is 23.5 Å². The lowest BCUT2D eigenvalue weighted by Crippen LogP contribution is -2.48. The van der Waals surface area contributed by atoms with Gasteiger partial charge in [0.1, 0.15) is 0 Å². The van der Waals surface area contributed by atoms with Gasteiger partial charge in [-0.1, -0.05) is 0 Å². The summed E-state index contributed by atoms with van der Waals surface area (Å²) in [5, 5.41) is 9.13. The molecule has 2 N–H and O–H groups in total. The predicted octanol–water partition coefficient (Wildman–Crippen LogP) is 1.00. The molecule has 2 amide bonds. The summed E-state index contributed by atoms with van der Waals surface area (Å²) in [6.45, 7) is 0.752. The Morgan fingerprint density at radius 3 is 2.80 bits per heavy atom. The molecule has 0 bridgehead atoms. The Morgan fingerprint density at radius 2 is 2.20 bits per heavy atom. The predicted molar refractivity (Wildman–Crippen MR) is 80.9 cm³/mol. The second kappa shape index (κ2) is 7.10. The van der Waals surface area contributed by atoms with Crippen LogP contribution in [0.4, 0.5) is 0 Å². The van der Waals surface area contributed by atoms with Gasteiger partial charge in [-0.2, -0.15) is 23.1 Å². The monoisotopic (exact) mass is 314 g/mol. The molecule has 7 heteroatoms. The lowest BCUT2D eigenvalue weighted by Gasteiger charge is -2.26. The third-order valence-electron chi connectivity index (χ3n) is 3.31. The SMILES string of the molecule is COC1(CNC(=O)C(=O)NCc2ccsc2)CCSC1. The van der Waals surface area contributed by atoms with E-state index in [1.54, 1.807) is 30.2 Å². The molecule has 1 aromatic heterocycles. The summed E-state index contributed by atoms with van der Waals surface area (Å²) in [7, 11) is 1.65. The van der Waals surface area contributed by atoms with Crippen LogP contribution in [0.2, 0.25) is 0 Å². The summed E-state index contributed by atoms with van der Waals surface area (Å²) < 4.78 is 5.48. The lowest BCUT2D eigenvalue weighted by atomic mass is 10.0. The van der Waals surface area contributed by atoms with E-state index in [0.29, 0.717) is 13.1 Å². The van der Waals surface area contributed by atoms with Crippen LogP contribution in [0.15, 0.2) is 16.8 Å². The highest BCUT2D eigenvalue weighted by Gasteiger charge is 2.35. The maximum absolute atomic E-state index is 11.7. The van der Waals surface area contributed by atoms with Crippen molar-refractivity contribution >= 4 is 34.9 Å². The van der Waals surface area contributed by atoms with Crippen molar-refractivity contribution in [1.29, 1.82) is 0 Å². The molecule has 0 aromatic carbocycles. The minimum absolute atomic E-state index is 0.325. The summed E-state index contributed by atoms with van der Waals surface area (Å²) >= 11 is 3.36. The Kier molecular flexibility index (Phi) is 5.45. The molecule has 1 atom stereocenters. The molecule has 0 aliphatic carbocycles. The molecule has 0 spiro atoms. The van der Waals surface area contributed by atoms with Crippen molar-refractivity contribution in [1.82, 2.24) is 10.6 Å². The average molecular weight is 314 g/mol. The number of nitrogens with one attached hydrogen (secondary N) is 2. The zero-order valence-corrected chi connectivity index (χ0v) is 12.9. The van der Waals surface area contributed by atoms with Gasteiger partial charge in [0.05, 0.1) is 5.60 Å². The average Bonchev–Trinajstić information content (AvgIpc) is 3.14. The number of carbonyl (C=O) groups excluding carboxylic acids is 2. The van der Waals surface area contributed by atoms with E-state index >= 15 is 0 Å². The molecule has 20 heavy (non-hydrogen) atoms. The van der Waals surface area contributed by atoms with Gasteiger partial charge in [0.25, 0.3) is 0 Å². The van der Waals surface area contributed by atoms with Crippen LogP contribution in [-0.2, 0) is 20.9 Å². The number of rotatable bonds is 5. The van der Waals surface area contributed by atoms with Crippen LogP contribution in [-0.4, -0.2) is 42.6 Å². The largest absolute Gasteiger partial charge is 0.376 e. The second-order valence-corrected chi connectivity index (χ2v) is 6.57. The number of carbonyl (C=O) groups is 2. The van der Waals surface area contributed by atoms with Gasteiger partial charge in [-0.25, -0.2) is 0 Å². The molecule has 110 valence electrons. The standard InChI is InChI=1S/C13H18N2O3S2/c1-18-13(3-5-20-9-13)8-15-12(17)11(16)14-6-10-2-4-19-7-10/h2,4,7H,3,5-6,8-9H2,1H3,(H,14,16)(H,15,17). The molecule has 1 fully saturated rings. The smallest absolute Gasteiger partial charge is 0.309 e. The number of ether oxygens (including phenoxy) is 1. The fraction of sp³-hybridized carbons (Fsp3) is 0.538. The van der Waals surface area contributed by atoms with E-state index in [-0.39, 0.29) is 5.60 Å². The van der Waals surface area contributed by atoms with Crippen molar-refractivity contribution in [3.63, 3.8) is 0 Å². The first-order chi connectivity index (χ1) is 9.65. The van der Waals surface area contributed by atoms with E-state index in [2.05, 4.69) is 10.6 Å². The Hall–Kier alpha value is -1.05. The zero-order chi connectivity index (χ0) is 14.4. The van der Waals surface area contributed by atoms with E-state index in [1.165, 1.54) is 0 Å². The number of thioether (sulfide) groups is 1. The van der Waals surface area contributed by atoms with Gasteiger partial charge < -0.3 is 15.4 Å². The highest BCUT2D eigenvalue weighted by atomic mass is 32.2. The van der Waals surface area contributed by atoms with Gasteiger partial charge in [-0.05, 0) is 34.6 Å². The molecule has 2 heterocycles. The van der Waals surface area contributed by atoms with Gasteiger partial charge in [0.15, 0.2) is 0 Å². The third-order valence-corrected chi connectivity index (χ3v) is 5.27. The number of thiophene rings is 1. The fourth-order valence-corrected chi connectivity index (χ4v) is 4.00. The van der Waals surface area contributed by atoms with Crippen molar-refractivity contribution in [3.8, 4) is 0 Å². The Labute approximate surface area is 126 Å². The quantitative estimate of drug-likeness (QED) is 0.796. The molecule has 1 aromatic rings. The van der Waals surface area contributed by atoms with Gasteiger partial charge in [-0.3, -0.25) is 9.59 Å². The topological polar surface area (TPSA) is 67.4 Å². The van der Waals surface area contributed by atoms with Crippen LogP contribution in [0.5, 0.6) is 0 Å². The molecule has 0 saturated carbocycles. The first-order valence-corrected chi connectivity index (χ1v) is 8.45. The highest BCUT2D eigenvalue weighted by Crippen LogP contribution is 2.30. The minimum atomic E-state index is -0.604. The number of methoxy groups -OCH3 is 1. The molecule has 1 saturated heterocycles. The van der Waals surface area contributed by atoms with Gasteiger partial charge in [-0.15, -0.1) is 0 Å². The molecule has 0 radical (unpaired) electrons. The highest BCUT2D eigenvalue weighted by molar-refractivity contribution is 7.99. The summed E-state index contributed by atoms with van der Waals surface area (Å²) in [6.07, 6.45) is 0.894. The van der Waals surface area contributed by atoms with Crippen LogP contribution in [0.1, 0.15) is 12.0 Å².